The Balaban J connectivity index is 1.39. The van der Waals surface area contributed by atoms with Crippen LogP contribution in [0.15, 0.2) is 60.9 Å². The number of amides is 1. The number of hydrogen-bond donors (Lipinski definition) is 2. The minimum absolute atomic E-state index is 0.0418. The molecule has 0 saturated carbocycles. The fourth-order valence-electron chi connectivity index (χ4n) is 4.77. The number of fused-ring (bicyclic) bond motifs is 2. The molecule has 0 radical (unpaired) electrons. The molecule has 29 heavy (non-hydrogen) atoms. The van der Waals surface area contributed by atoms with Crippen LogP contribution in [-0.4, -0.2) is 29.6 Å². The maximum atomic E-state index is 13.0. The topological polar surface area (TPSA) is 63.2 Å². The van der Waals surface area contributed by atoms with E-state index in [1.165, 1.54) is 0 Å². The fourth-order valence-corrected chi connectivity index (χ4v) is 4.77. The zero-order chi connectivity index (χ0) is 19.7. The maximum absolute atomic E-state index is 13.0. The molecule has 148 valence electrons. The van der Waals surface area contributed by atoms with Gasteiger partial charge < -0.3 is 15.4 Å². The molecule has 1 saturated heterocycles. The van der Waals surface area contributed by atoms with Crippen molar-refractivity contribution >= 4 is 22.4 Å². The number of para-hydroxylation sites is 1. The van der Waals surface area contributed by atoms with Gasteiger partial charge in [0.1, 0.15) is 11.4 Å². The van der Waals surface area contributed by atoms with Crippen molar-refractivity contribution in [1.29, 1.82) is 0 Å². The largest absolute Gasteiger partial charge is 0.487 e. The first kappa shape index (κ1) is 18.1. The molecule has 2 aromatic carbocycles. The minimum Gasteiger partial charge on any atom is -0.487 e. The first-order valence-corrected chi connectivity index (χ1v) is 10.3. The summed E-state index contributed by atoms with van der Waals surface area (Å²) in [4.78, 5) is 17.2. The normalized spacial score (nSPS) is 20.1. The third-order valence-corrected chi connectivity index (χ3v) is 6.21. The van der Waals surface area contributed by atoms with Crippen LogP contribution in [0.25, 0.3) is 10.8 Å². The van der Waals surface area contributed by atoms with Crippen LogP contribution in [0.3, 0.4) is 0 Å². The summed E-state index contributed by atoms with van der Waals surface area (Å²) >= 11 is 0. The number of anilines is 1. The van der Waals surface area contributed by atoms with E-state index in [1.54, 1.807) is 6.20 Å². The van der Waals surface area contributed by atoms with Gasteiger partial charge in [0.15, 0.2) is 0 Å². The first-order chi connectivity index (χ1) is 14.2. The number of nitrogens with one attached hydrogen (secondary N) is 2. The molecule has 1 spiro atoms. The third-order valence-electron chi connectivity index (χ3n) is 6.21. The van der Waals surface area contributed by atoms with Gasteiger partial charge in [0.2, 0.25) is 5.91 Å². The van der Waals surface area contributed by atoms with Gasteiger partial charge in [-0.15, -0.1) is 0 Å². The highest BCUT2D eigenvalue weighted by atomic mass is 16.5. The molecule has 3 aromatic rings. The Kier molecular flexibility index (Phi) is 4.68. The lowest BCUT2D eigenvalue weighted by Gasteiger charge is -2.44. The van der Waals surface area contributed by atoms with Crippen LogP contribution in [0.5, 0.6) is 5.75 Å². The molecule has 0 bridgehead atoms. The highest BCUT2D eigenvalue weighted by Gasteiger charge is 2.42. The average Bonchev–Trinajstić information content (AvgIpc) is 2.74. The summed E-state index contributed by atoms with van der Waals surface area (Å²) in [7, 11) is 0. The Bertz CT molecular complexity index is 1040. The molecule has 1 amide bonds. The van der Waals surface area contributed by atoms with E-state index in [0.717, 1.165) is 60.1 Å². The minimum atomic E-state index is -0.157. The van der Waals surface area contributed by atoms with Crippen LogP contribution in [0, 0.1) is 0 Å². The third kappa shape index (κ3) is 3.58. The Hall–Kier alpha value is -2.92. The van der Waals surface area contributed by atoms with Gasteiger partial charge in [0, 0.05) is 41.2 Å². The molecule has 0 unspecified atom stereocenters. The van der Waals surface area contributed by atoms with Crippen molar-refractivity contribution in [3.63, 3.8) is 0 Å². The lowest BCUT2D eigenvalue weighted by atomic mass is 9.76. The van der Waals surface area contributed by atoms with Crippen LogP contribution < -0.4 is 15.4 Å². The summed E-state index contributed by atoms with van der Waals surface area (Å²) in [5.74, 6) is 1.14. The second-order valence-corrected chi connectivity index (χ2v) is 8.13. The van der Waals surface area contributed by atoms with Crippen LogP contribution >= 0.6 is 0 Å². The summed E-state index contributed by atoms with van der Waals surface area (Å²) in [6.45, 7) is 1.93. The molecule has 5 nitrogen and oxygen atoms in total. The van der Waals surface area contributed by atoms with E-state index in [-0.39, 0.29) is 17.4 Å². The van der Waals surface area contributed by atoms with Crippen molar-refractivity contribution in [3.8, 4) is 5.75 Å². The Labute approximate surface area is 170 Å². The summed E-state index contributed by atoms with van der Waals surface area (Å²) in [6, 6.07) is 16.0. The van der Waals surface area contributed by atoms with Crippen molar-refractivity contribution in [3.05, 3.63) is 66.5 Å². The number of carbonyl (C=O) groups excluding carboxylic acids is 1. The van der Waals surface area contributed by atoms with Crippen molar-refractivity contribution in [2.75, 3.05) is 18.4 Å². The molecule has 1 aromatic heterocycles. The fraction of sp³-hybridized carbons (Fsp3) is 0.333. The van der Waals surface area contributed by atoms with Gasteiger partial charge in [-0.1, -0.05) is 30.3 Å². The Morgan fingerprint density at radius 1 is 1.14 bits per heavy atom. The molecule has 3 heterocycles. The van der Waals surface area contributed by atoms with Crippen molar-refractivity contribution in [2.45, 2.75) is 37.2 Å². The van der Waals surface area contributed by atoms with Gasteiger partial charge in [-0.3, -0.25) is 9.78 Å². The number of nitrogens with zero attached hydrogens (tertiary/aromatic N) is 1. The van der Waals surface area contributed by atoms with Crippen molar-refractivity contribution < 1.29 is 9.53 Å². The average molecular weight is 387 g/mol. The van der Waals surface area contributed by atoms with Gasteiger partial charge in [-0.2, -0.15) is 0 Å². The standard InChI is InChI=1S/C24H25N3O2/c28-23(27-21-6-3-4-17-16-26-11-8-19(17)21)14-18-15-24(9-12-25-13-10-24)29-22-7-2-1-5-20(18)22/h1-8,11,16,18,25H,9-10,12-15H2,(H,27,28)/t18-/m0/s1. The zero-order valence-electron chi connectivity index (χ0n) is 16.4. The van der Waals surface area contributed by atoms with E-state index >= 15 is 0 Å². The van der Waals surface area contributed by atoms with E-state index in [1.807, 2.05) is 48.7 Å². The van der Waals surface area contributed by atoms with E-state index < -0.39 is 0 Å². The SMILES string of the molecule is O=C(C[C@H]1CC2(CCNCC2)Oc2ccccc21)Nc1cccc2cnccc12. The van der Waals surface area contributed by atoms with E-state index in [2.05, 4.69) is 21.7 Å². The monoisotopic (exact) mass is 387 g/mol. The number of carbonyl (C=O) groups is 1. The van der Waals surface area contributed by atoms with Crippen LogP contribution in [0.2, 0.25) is 0 Å². The van der Waals surface area contributed by atoms with Gasteiger partial charge in [-0.25, -0.2) is 0 Å². The number of rotatable bonds is 3. The van der Waals surface area contributed by atoms with Gasteiger partial charge in [0.25, 0.3) is 0 Å². The number of pyridine rings is 1. The molecule has 2 aliphatic heterocycles. The predicted molar refractivity (Wildman–Crippen MR) is 114 cm³/mol. The van der Waals surface area contributed by atoms with E-state index in [9.17, 15) is 4.79 Å². The zero-order valence-corrected chi connectivity index (χ0v) is 16.4. The molecule has 2 N–H and O–H groups in total. The number of ether oxygens (including phenoxy) is 1. The Morgan fingerprint density at radius 2 is 2.00 bits per heavy atom. The quantitative estimate of drug-likeness (QED) is 0.705. The molecular formula is C24H25N3O2. The second kappa shape index (κ2) is 7.48. The molecule has 0 aliphatic carbocycles. The number of piperidine rings is 1. The lowest BCUT2D eigenvalue weighted by molar-refractivity contribution is -0.117. The highest BCUT2D eigenvalue weighted by molar-refractivity contribution is 6.02. The predicted octanol–water partition coefficient (Wildman–Crippen LogP) is 4.25. The molecule has 5 rings (SSSR count). The number of benzene rings is 2. The molecule has 1 fully saturated rings. The van der Waals surface area contributed by atoms with E-state index in [4.69, 9.17) is 4.74 Å². The smallest absolute Gasteiger partial charge is 0.225 e. The first-order valence-electron chi connectivity index (χ1n) is 10.3. The summed E-state index contributed by atoms with van der Waals surface area (Å²) in [5.41, 5.74) is 1.83. The van der Waals surface area contributed by atoms with Gasteiger partial charge >= 0.3 is 0 Å². The molecule has 1 atom stereocenters. The van der Waals surface area contributed by atoms with Crippen LogP contribution in [0.4, 0.5) is 5.69 Å². The number of hydrogen-bond acceptors (Lipinski definition) is 4. The lowest BCUT2D eigenvalue weighted by Crippen LogP contribution is -2.49. The van der Waals surface area contributed by atoms with Crippen molar-refractivity contribution in [1.82, 2.24) is 10.3 Å². The molecule has 2 aliphatic rings. The van der Waals surface area contributed by atoms with E-state index in [0.29, 0.717) is 6.42 Å². The summed E-state index contributed by atoms with van der Waals surface area (Å²) < 4.78 is 6.47. The number of aromatic nitrogens is 1. The molecular weight excluding hydrogens is 362 g/mol. The van der Waals surface area contributed by atoms with Crippen LogP contribution in [-0.2, 0) is 4.79 Å². The second-order valence-electron chi connectivity index (χ2n) is 8.13. The van der Waals surface area contributed by atoms with Crippen LogP contribution in [0.1, 0.15) is 37.2 Å². The van der Waals surface area contributed by atoms with Crippen molar-refractivity contribution in [2.24, 2.45) is 0 Å². The molecule has 5 heteroatoms. The van der Waals surface area contributed by atoms with Gasteiger partial charge in [-0.05, 0) is 56.1 Å². The highest BCUT2D eigenvalue weighted by Crippen LogP contribution is 2.45. The van der Waals surface area contributed by atoms with Gasteiger partial charge in [0.05, 0.1) is 0 Å². The summed E-state index contributed by atoms with van der Waals surface area (Å²) in [5, 5.41) is 8.59. The summed E-state index contributed by atoms with van der Waals surface area (Å²) in [6.07, 6.45) is 6.88. The Morgan fingerprint density at radius 3 is 2.90 bits per heavy atom. The maximum Gasteiger partial charge on any atom is 0.225 e.